The second-order valence-corrected chi connectivity index (χ2v) is 8.48. The molecule has 1 aromatic carbocycles. The van der Waals surface area contributed by atoms with Gasteiger partial charge in [0, 0.05) is 30.5 Å². The Balaban J connectivity index is 1.60. The maximum Gasteiger partial charge on any atom is 0.376 e. The van der Waals surface area contributed by atoms with Gasteiger partial charge in [0.1, 0.15) is 11.5 Å². The zero-order chi connectivity index (χ0) is 22.3. The van der Waals surface area contributed by atoms with Crippen LogP contribution in [0.4, 0.5) is 0 Å². The molecule has 31 heavy (non-hydrogen) atoms. The number of ether oxygens (including phenoxy) is 3. The molecular weight excluding hydrogens is 402 g/mol. The first-order valence-electron chi connectivity index (χ1n) is 10.6. The van der Waals surface area contributed by atoms with E-state index >= 15 is 0 Å². The fourth-order valence-electron chi connectivity index (χ4n) is 4.17. The molecule has 0 spiro atoms. The summed E-state index contributed by atoms with van der Waals surface area (Å²) >= 11 is 0. The number of nitrogens with zero attached hydrogens (tertiary/aromatic N) is 1. The van der Waals surface area contributed by atoms with Crippen molar-refractivity contribution in [2.45, 2.75) is 71.7 Å². The Kier molecular flexibility index (Phi) is 5.51. The van der Waals surface area contributed by atoms with Crippen LogP contribution in [0, 0.1) is 20.8 Å². The number of fused-ring (bicyclic) bond motifs is 1. The molecule has 0 amide bonds. The maximum atomic E-state index is 12.9. The van der Waals surface area contributed by atoms with Gasteiger partial charge < -0.3 is 29.3 Å². The molecule has 0 aliphatic carbocycles. The fourth-order valence-corrected chi connectivity index (χ4v) is 4.17. The van der Waals surface area contributed by atoms with E-state index < -0.39 is 11.6 Å². The average molecular weight is 431 g/mol. The van der Waals surface area contributed by atoms with Gasteiger partial charge in [-0.25, -0.2) is 4.79 Å². The number of carbonyl (C=O) groups is 1. The predicted molar refractivity (Wildman–Crippen MR) is 112 cm³/mol. The Morgan fingerprint density at radius 3 is 2.48 bits per heavy atom. The van der Waals surface area contributed by atoms with E-state index in [0.717, 1.165) is 47.3 Å². The lowest BCUT2D eigenvalue weighted by Crippen LogP contribution is -2.49. The third kappa shape index (κ3) is 3.80. The van der Waals surface area contributed by atoms with Gasteiger partial charge in [0.25, 0.3) is 0 Å². The lowest BCUT2D eigenvalue weighted by Gasteiger charge is -2.36. The Hall–Kier alpha value is -2.87. The van der Waals surface area contributed by atoms with Gasteiger partial charge in [-0.3, -0.25) is 0 Å². The molecule has 0 bridgehead atoms. The third-order valence-corrected chi connectivity index (χ3v) is 6.28. The number of hydrogen-bond donors (Lipinski definition) is 2. The molecule has 3 heterocycles. The van der Waals surface area contributed by atoms with Crippen molar-refractivity contribution < 1.29 is 34.1 Å². The Labute approximate surface area is 181 Å². The quantitative estimate of drug-likeness (QED) is 0.765. The molecule has 1 unspecified atom stereocenters. The summed E-state index contributed by atoms with van der Waals surface area (Å²) in [5.74, 6) is 0.0183. The van der Waals surface area contributed by atoms with Crippen LogP contribution >= 0.6 is 0 Å². The summed E-state index contributed by atoms with van der Waals surface area (Å²) in [7, 11) is 0. The summed E-state index contributed by atoms with van der Waals surface area (Å²) in [6.45, 7) is 8.29. The molecule has 2 aromatic rings. The van der Waals surface area contributed by atoms with Crippen LogP contribution in [0.2, 0.25) is 0 Å². The molecule has 4 rings (SSSR count). The average Bonchev–Trinajstić information content (AvgIpc) is 3.08. The highest BCUT2D eigenvalue weighted by Gasteiger charge is 2.43. The van der Waals surface area contributed by atoms with E-state index in [2.05, 4.69) is 0 Å². The number of carbonyl (C=O) groups excluding carboxylic acids is 1. The van der Waals surface area contributed by atoms with Crippen molar-refractivity contribution >= 4 is 5.97 Å². The second kappa shape index (κ2) is 8.00. The van der Waals surface area contributed by atoms with Gasteiger partial charge >= 0.3 is 5.97 Å². The number of aromatic hydroxyl groups is 2. The largest absolute Gasteiger partial charge is 0.492 e. The standard InChI is InChI=1S/C23H29NO7/c1-13-14(2)21-16(15(3)20(13)29-19-7-5-6-12-28-19)10-11-23(4,30-21)22(27)31-24-17(25)8-9-18(24)26/h8-9,19,25-26H,5-7,10-12H2,1-4H3/t19?,23-/m1/s1. The first-order chi connectivity index (χ1) is 14.7. The molecule has 8 nitrogen and oxygen atoms in total. The summed E-state index contributed by atoms with van der Waals surface area (Å²) in [4.78, 5) is 18.1. The summed E-state index contributed by atoms with van der Waals surface area (Å²) < 4.78 is 18.9. The van der Waals surface area contributed by atoms with Crippen LogP contribution in [0.3, 0.4) is 0 Å². The normalized spacial score (nSPS) is 23.0. The topological polar surface area (TPSA) is 99.4 Å². The Bertz CT molecular complexity index is 987. The first-order valence-corrected chi connectivity index (χ1v) is 10.6. The molecule has 2 aliphatic heterocycles. The molecule has 0 radical (unpaired) electrons. The molecule has 0 saturated carbocycles. The monoisotopic (exact) mass is 431 g/mol. The van der Waals surface area contributed by atoms with Gasteiger partial charge in [-0.1, -0.05) is 0 Å². The van der Waals surface area contributed by atoms with Gasteiger partial charge in [0.15, 0.2) is 6.29 Å². The van der Waals surface area contributed by atoms with Crippen molar-refractivity contribution in [3.63, 3.8) is 0 Å². The van der Waals surface area contributed by atoms with E-state index in [4.69, 9.17) is 19.0 Å². The second-order valence-electron chi connectivity index (χ2n) is 8.48. The van der Waals surface area contributed by atoms with Crippen LogP contribution in [0.15, 0.2) is 12.1 Å². The van der Waals surface area contributed by atoms with E-state index in [1.54, 1.807) is 6.92 Å². The van der Waals surface area contributed by atoms with Gasteiger partial charge in [-0.2, -0.15) is 0 Å². The lowest BCUT2D eigenvalue weighted by atomic mass is 9.87. The Morgan fingerprint density at radius 2 is 1.84 bits per heavy atom. The van der Waals surface area contributed by atoms with E-state index in [0.29, 0.717) is 29.9 Å². The molecule has 1 saturated heterocycles. The van der Waals surface area contributed by atoms with E-state index in [1.807, 2.05) is 20.8 Å². The predicted octanol–water partition coefficient (Wildman–Crippen LogP) is 3.47. The van der Waals surface area contributed by atoms with Crippen molar-refractivity contribution in [1.82, 2.24) is 4.73 Å². The number of benzene rings is 1. The molecule has 1 fully saturated rings. The first kappa shape index (κ1) is 21.4. The highest BCUT2D eigenvalue weighted by molar-refractivity contribution is 5.81. The SMILES string of the molecule is Cc1c(C)c2c(c(C)c1OC1CCCCO1)CC[C@](C)(C(=O)On1c(O)ccc1O)O2. The van der Waals surface area contributed by atoms with Crippen LogP contribution in [0.1, 0.15) is 54.9 Å². The zero-order valence-corrected chi connectivity index (χ0v) is 18.4. The minimum absolute atomic E-state index is 0.240. The molecule has 2 N–H and O–H groups in total. The van der Waals surface area contributed by atoms with Crippen LogP contribution in [0.5, 0.6) is 23.3 Å². The smallest absolute Gasteiger partial charge is 0.376 e. The lowest BCUT2D eigenvalue weighted by molar-refractivity contribution is -0.164. The van der Waals surface area contributed by atoms with Gasteiger partial charge in [-0.15, -0.1) is 4.73 Å². The minimum Gasteiger partial charge on any atom is -0.492 e. The molecule has 2 atom stereocenters. The van der Waals surface area contributed by atoms with E-state index in [1.165, 1.54) is 12.1 Å². The highest BCUT2D eigenvalue weighted by Crippen LogP contribution is 2.44. The summed E-state index contributed by atoms with van der Waals surface area (Å²) in [6.07, 6.45) is 3.75. The number of rotatable bonds is 4. The van der Waals surface area contributed by atoms with Crippen molar-refractivity contribution in [2.75, 3.05) is 6.61 Å². The van der Waals surface area contributed by atoms with Crippen molar-refractivity contribution in [2.24, 2.45) is 0 Å². The highest BCUT2D eigenvalue weighted by atomic mass is 16.7. The van der Waals surface area contributed by atoms with E-state index in [9.17, 15) is 15.0 Å². The molecule has 8 heteroatoms. The summed E-state index contributed by atoms with van der Waals surface area (Å²) in [5, 5.41) is 19.5. The fraction of sp³-hybridized carbons (Fsp3) is 0.522. The summed E-state index contributed by atoms with van der Waals surface area (Å²) in [6, 6.07) is 2.47. The van der Waals surface area contributed by atoms with Crippen molar-refractivity contribution in [3.8, 4) is 23.3 Å². The van der Waals surface area contributed by atoms with E-state index in [-0.39, 0.29) is 18.1 Å². The molecule has 1 aromatic heterocycles. The van der Waals surface area contributed by atoms with Gasteiger partial charge in [-0.05, 0) is 63.6 Å². The number of hydrogen-bond acceptors (Lipinski definition) is 7. The van der Waals surface area contributed by atoms with Crippen molar-refractivity contribution in [3.05, 3.63) is 34.4 Å². The van der Waals surface area contributed by atoms with Crippen LogP contribution in [0.25, 0.3) is 0 Å². The molecule has 2 aliphatic rings. The zero-order valence-electron chi connectivity index (χ0n) is 18.4. The van der Waals surface area contributed by atoms with Gasteiger partial charge in [0.05, 0.1) is 6.61 Å². The van der Waals surface area contributed by atoms with Gasteiger partial charge in [0.2, 0.25) is 17.4 Å². The minimum atomic E-state index is -1.27. The summed E-state index contributed by atoms with van der Waals surface area (Å²) in [5.41, 5.74) is 2.57. The van der Waals surface area contributed by atoms with Crippen molar-refractivity contribution in [1.29, 1.82) is 0 Å². The van der Waals surface area contributed by atoms with Crippen LogP contribution < -0.4 is 14.3 Å². The van der Waals surface area contributed by atoms with Crippen LogP contribution in [-0.2, 0) is 16.0 Å². The molecule has 168 valence electrons. The van der Waals surface area contributed by atoms with Crippen LogP contribution in [-0.4, -0.2) is 39.4 Å². The maximum absolute atomic E-state index is 12.9. The Morgan fingerprint density at radius 1 is 1.13 bits per heavy atom. The molecular formula is C23H29NO7. The third-order valence-electron chi connectivity index (χ3n) is 6.28. The number of aromatic nitrogens is 1.